The molecule has 0 aliphatic rings. The number of nitrogens with one attached hydrogen (secondary N) is 2. The zero-order chi connectivity index (χ0) is 13.0. The first-order valence-corrected chi connectivity index (χ1v) is 6.77. The average molecular weight is 268 g/mol. The van der Waals surface area contributed by atoms with Crippen molar-refractivity contribution in [1.82, 2.24) is 9.71 Å². The summed E-state index contributed by atoms with van der Waals surface area (Å²) >= 11 is 0. The van der Waals surface area contributed by atoms with Gasteiger partial charge in [0.05, 0.1) is 11.2 Å². The Kier molecular flexibility index (Phi) is 3.63. The maximum absolute atomic E-state index is 11.8. The second kappa shape index (κ2) is 5.19. The highest BCUT2D eigenvalue weighted by molar-refractivity contribution is 7.89. The molecule has 0 fully saturated rings. The summed E-state index contributed by atoms with van der Waals surface area (Å²) in [6.45, 7) is 0.231. The fourth-order valence-corrected chi connectivity index (χ4v) is 2.41. The molecule has 0 amide bonds. The van der Waals surface area contributed by atoms with Gasteiger partial charge in [0.15, 0.2) is 0 Å². The molecule has 18 heavy (non-hydrogen) atoms. The predicted molar refractivity (Wildman–Crippen MR) is 64.7 cm³/mol. The molecular weight excluding hydrogens is 256 g/mol. The van der Waals surface area contributed by atoms with E-state index in [1.54, 1.807) is 12.1 Å². The van der Waals surface area contributed by atoms with Gasteiger partial charge in [-0.1, -0.05) is 0 Å². The fourth-order valence-electron chi connectivity index (χ4n) is 1.41. The molecule has 96 valence electrons. The SMILES string of the molecule is O=c1ccc(S(=O)(=O)NCCc2ccco2)c[nH]1. The van der Waals surface area contributed by atoms with Gasteiger partial charge in [-0.15, -0.1) is 0 Å². The van der Waals surface area contributed by atoms with Gasteiger partial charge >= 0.3 is 0 Å². The summed E-state index contributed by atoms with van der Waals surface area (Å²) in [7, 11) is -3.59. The number of rotatable bonds is 5. The molecule has 0 unspecified atom stereocenters. The summed E-state index contributed by atoms with van der Waals surface area (Å²) in [5.74, 6) is 0.708. The molecule has 2 rings (SSSR count). The third-order valence-electron chi connectivity index (χ3n) is 2.31. The molecule has 7 heteroatoms. The Morgan fingerprint density at radius 3 is 2.72 bits per heavy atom. The van der Waals surface area contributed by atoms with Crippen LogP contribution in [0, 0.1) is 0 Å². The van der Waals surface area contributed by atoms with Crippen LogP contribution in [-0.2, 0) is 16.4 Å². The number of hydrogen-bond donors (Lipinski definition) is 2. The highest BCUT2D eigenvalue weighted by Crippen LogP contribution is 2.05. The summed E-state index contributed by atoms with van der Waals surface area (Å²) in [5.41, 5.74) is -0.343. The Bertz CT molecular complexity index is 638. The van der Waals surface area contributed by atoms with E-state index in [1.165, 1.54) is 18.4 Å². The number of furan rings is 1. The molecule has 0 spiro atoms. The van der Waals surface area contributed by atoms with Gasteiger partial charge in [0, 0.05) is 25.2 Å². The van der Waals surface area contributed by atoms with Crippen LogP contribution in [0.5, 0.6) is 0 Å². The number of H-pyrrole nitrogens is 1. The van der Waals surface area contributed by atoms with Gasteiger partial charge in [-0.2, -0.15) is 0 Å². The summed E-state index contributed by atoms with van der Waals surface area (Å²) < 4.78 is 31.1. The van der Waals surface area contributed by atoms with Gasteiger partial charge in [-0.05, 0) is 18.2 Å². The highest BCUT2D eigenvalue weighted by Gasteiger charge is 2.13. The quantitative estimate of drug-likeness (QED) is 0.825. The largest absolute Gasteiger partial charge is 0.469 e. The summed E-state index contributed by atoms with van der Waals surface area (Å²) in [4.78, 5) is 13.2. The van der Waals surface area contributed by atoms with Crippen LogP contribution >= 0.6 is 0 Å². The first kappa shape index (κ1) is 12.6. The Morgan fingerprint density at radius 2 is 2.11 bits per heavy atom. The molecule has 0 saturated carbocycles. The van der Waals surface area contributed by atoms with Crippen LogP contribution in [0.4, 0.5) is 0 Å². The normalized spacial score (nSPS) is 11.6. The van der Waals surface area contributed by atoms with Gasteiger partial charge in [0.2, 0.25) is 15.6 Å². The molecule has 2 aromatic rings. The lowest BCUT2D eigenvalue weighted by molar-refractivity contribution is 0.506. The number of aromatic amines is 1. The Labute approximate surface area is 104 Å². The van der Waals surface area contributed by atoms with E-state index < -0.39 is 10.0 Å². The van der Waals surface area contributed by atoms with Gasteiger partial charge in [0.1, 0.15) is 5.76 Å². The van der Waals surface area contributed by atoms with Crippen LogP contribution in [-0.4, -0.2) is 19.9 Å². The summed E-state index contributed by atoms with van der Waals surface area (Å²) in [6, 6.07) is 5.94. The van der Waals surface area contributed by atoms with Crippen molar-refractivity contribution in [3.8, 4) is 0 Å². The topological polar surface area (TPSA) is 92.2 Å². The van der Waals surface area contributed by atoms with Crippen LogP contribution in [0.1, 0.15) is 5.76 Å². The fraction of sp³-hybridized carbons (Fsp3) is 0.182. The van der Waals surface area contributed by atoms with Crippen LogP contribution in [0.3, 0.4) is 0 Å². The van der Waals surface area contributed by atoms with E-state index in [0.717, 1.165) is 6.20 Å². The van der Waals surface area contributed by atoms with Crippen molar-refractivity contribution in [2.75, 3.05) is 6.54 Å². The smallest absolute Gasteiger partial charge is 0.247 e. The van der Waals surface area contributed by atoms with E-state index in [2.05, 4.69) is 9.71 Å². The van der Waals surface area contributed by atoms with E-state index in [0.29, 0.717) is 12.2 Å². The van der Waals surface area contributed by atoms with E-state index >= 15 is 0 Å². The number of hydrogen-bond acceptors (Lipinski definition) is 4. The van der Waals surface area contributed by atoms with Gasteiger partial charge in [0.25, 0.3) is 0 Å². The van der Waals surface area contributed by atoms with Gasteiger partial charge in [-0.25, -0.2) is 13.1 Å². The van der Waals surface area contributed by atoms with Crippen molar-refractivity contribution in [2.24, 2.45) is 0 Å². The highest BCUT2D eigenvalue weighted by atomic mass is 32.2. The average Bonchev–Trinajstić information content (AvgIpc) is 2.82. The second-order valence-corrected chi connectivity index (χ2v) is 5.38. The molecule has 0 radical (unpaired) electrons. The zero-order valence-electron chi connectivity index (χ0n) is 9.42. The maximum atomic E-state index is 11.8. The lowest BCUT2D eigenvalue weighted by Gasteiger charge is -2.05. The van der Waals surface area contributed by atoms with Crippen molar-refractivity contribution in [2.45, 2.75) is 11.3 Å². The maximum Gasteiger partial charge on any atom is 0.247 e. The minimum atomic E-state index is -3.59. The van der Waals surface area contributed by atoms with Crippen molar-refractivity contribution in [1.29, 1.82) is 0 Å². The number of aromatic nitrogens is 1. The van der Waals surface area contributed by atoms with Crippen LogP contribution in [0.25, 0.3) is 0 Å². The molecule has 2 heterocycles. The lowest BCUT2D eigenvalue weighted by atomic mass is 10.3. The summed E-state index contributed by atoms with van der Waals surface area (Å²) in [6.07, 6.45) is 3.17. The monoisotopic (exact) mass is 268 g/mol. The van der Waals surface area contributed by atoms with Gasteiger partial charge in [-0.3, -0.25) is 4.79 Å². The molecule has 0 saturated heterocycles. The number of sulfonamides is 1. The van der Waals surface area contributed by atoms with E-state index in [-0.39, 0.29) is 17.0 Å². The first-order valence-electron chi connectivity index (χ1n) is 5.29. The molecule has 0 aliphatic carbocycles. The standard InChI is InChI=1S/C11H12N2O4S/c14-11-4-3-10(8-12-11)18(15,16)13-6-5-9-2-1-7-17-9/h1-4,7-8,13H,5-6H2,(H,12,14). The van der Waals surface area contributed by atoms with Crippen LogP contribution < -0.4 is 10.3 Å². The Morgan fingerprint density at radius 1 is 1.28 bits per heavy atom. The molecule has 0 aliphatic heterocycles. The Balaban J connectivity index is 1.99. The molecule has 0 atom stereocenters. The minimum Gasteiger partial charge on any atom is -0.469 e. The molecule has 0 aromatic carbocycles. The molecule has 6 nitrogen and oxygen atoms in total. The molecule has 2 aromatic heterocycles. The molecule has 2 N–H and O–H groups in total. The third-order valence-corrected chi connectivity index (χ3v) is 3.77. The molecule has 0 bridgehead atoms. The first-order chi connectivity index (χ1) is 8.58. The van der Waals surface area contributed by atoms with Crippen molar-refractivity contribution in [3.05, 3.63) is 52.8 Å². The number of pyridine rings is 1. The van der Waals surface area contributed by atoms with Crippen LogP contribution in [0.15, 0.2) is 50.8 Å². The lowest BCUT2D eigenvalue weighted by Crippen LogP contribution is -2.26. The third kappa shape index (κ3) is 3.08. The van der Waals surface area contributed by atoms with Crippen molar-refractivity contribution in [3.63, 3.8) is 0 Å². The van der Waals surface area contributed by atoms with E-state index in [1.807, 2.05) is 0 Å². The van der Waals surface area contributed by atoms with Crippen LogP contribution in [0.2, 0.25) is 0 Å². The minimum absolute atomic E-state index is 0.0292. The van der Waals surface area contributed by atoms with E-state index in [9.17, 15) is 13.2 Å². The Hall–Kier alpha value is -1.86. The summed E-state index contributed by atoms with van der Waals surface area (Å²) in [5, 5.41) is 0. The van der Waals surface area contributed by atoms with E-state index in [4.69, 9.17) is 4.42 Å². The molecular formula is C11H12N2O4S. The van der Waals surface area contributed by atoms with Gasteiger partial charge < -0.3 is 9.40 Å². The predicted octanol–water partition coefficient (Wildman–Crippen LogP) is 0.489. The van der Waals surface area contributed by atoms with Crippen molar-refractivity contribution < 1.29 is 12.8 Å². The second-order valence-electron chi connectivity index (χ2n) is 3.62. The zero-order valence-corrected chi connectivity index (χ0v) is 10.2. The van der Waals surface area contributed by atoms with Crippen molar-refractivity contribution >= 4 is 10.0 Å².